The van der Waals surface area contributed by atoms with Gasteiger partial charge in [-0.25, -0.2) is 0 Å². The first-order valence-corrected chi connectivity index (χ1v) is 10.4. The molecule has 2 aromatic heterocycles. The molecule has 6 heteroatoms. The number of nitrogens with one attached hydrogen (secondary N) is 1. The molecule has 3 aromatic rings. The monoisotopic (exact) mass is 396 g/mol. The second kappa shape index (κ2) is 8.73. The number of morpholine rings is 1. The van der Waals surface area contributed by atoms with Gasteiger partial charge >= 0.3 is 0 Å². The van der Waals surface area contributed by atoms with E-state index in [-0.39, 0.29) is 11.9 Å². The van der Waals surface area contributed by atoms with Crippen molar-refractivity contribution >= 4 is 22.2 Å². The summed E-state index contributed by atoms with van der Waals surface area (Å²) in [6.07, 6.45) is 2.45. The van der Waals surface area contributed by atoms with Crippen molar-refractivity contribution < 1.29 is 13.9 Å². The summed E-state index contributed by atoms with van der Waals surface area (Å²) >= 11 is 1.64. The second-order valence-electron chi connectivity index (χ2n) is 6.74. The summed E-state index contributed by atoms with van der Waals surface area (Å²) in [5.74, 6) is 0.101. The number of rotatable bonds is 6. The van der Waals surface area contributed by atoms with Crippen LogP contribution in [0.4, 0.5) is 5.00 Å². The zero-order valence-electron chi connectivity index (χ0n) is 15.9. The summed E-state index contributed by atoms with van der Waals surface area (Å²) in [5.41, 5.74) is 2.35. The number of anilines is 1. The number of amides is 1. The van der Waals surface area contributed by atoms with Crippen LogP contribution in [0.2, 0.25) is 0 Å². The first kappa shape index (κ1) is 18.9. The van der Waals surface area contributed by atoms with Crippen molar-refractivity contribution in [3.05, 3.63) is 76.6 Å². The van der Waals surface area contributed by atoms with Crippen molar-refractivity contribution in [2.24, 2.45) is 0 Å². The van der Waals surface area contributed by atoms with Crippen molar-refractivity contribution in [3.63, 3.8) is 0 Å². The largest absolute Gasteiger partial charge is 0.459 e. The molecule has 1 aliphatic heterocycles. The molecule has 3 heterocycles. The smallest absolute Gasteiger partial charge is 0.291 e. The lowest BCUT2D eigenvalue weighted by Crippen LogP contribution is -2.39. The number of furan rings is 1. The van der Waals surface area contributed by atoms with Crippen LogP contribution in [0.3, 0.4) is 0 Å². The Balaban J connectivity index is 1.72. The van der Waals surface area contributed by atoms with Gasteiger partial charge in [-0.2, -0.15) is 0 Å². The van der Waals surface area contributed by atoms with Crippen LogP contribution in [0.15, 0.2) is 59.2 Å². The van der Waals surface area contributed by atoms with E-state index in [1.54, 1.807) is 23.5 Å². The Morgan fingerprint density at radius 1 is 1.18 bits per heavy atom. The van der Waals surface area contributed by atoms with E-state index in [0.29, 0.717) is 5.76 Å². The van der Waals surface area contributed by atoms with Crippen molar-refractivity contribution in [1.82, 2.24) is 4.90 Å². The van der Waals surface area contributed by atoms with Crippen LogP contribution >= 0.6 is 11.3 Å². The minimum atomic E-state index is -0.218. The lowest BCUT2D eigenvalue weighted by Gasteiger charge is -2.35. The highest BCUT2D eigenvalue weighted by Gasteiger charge is 2.28. The molecule has 4 rings (SSSR count). The Morgan fingerprint density at radius 3 is 2.64 bits per heavy atom. The highest BCUT2D eigenvalue weighted by molar-refractivity contribution is 7.16. The Hall–Kier alpha value is -2.41. The maximum Gasteiger partial charge on any atom is 0.291 e. The van der Waals surface area contributed by atoms with Gasteiger partial charge in [0.25, 0.3) is 5.91 Å². The SMILES string of the molecule is CCc1cc([C@H](c2ccccc2)N2CCOCC2)c(NC(=O)c2ccco2)s1. The maximum absolute atomic E-state index is 12.6. The molecule has 1 saturated heterocycles. The van der Waals surface area contributed by atoms with E-state index >= 15 is 0 Å². The van der Waals surface area contributed by atoms with Gasteiger partial charge in [0.1, 0.15) is 5.00 Å². The molecule has 1 fully saturated rings. The predicted octanol–water partition coefficient (Wildman–Crippen LogP) is 4.58. The molecule has 0 saturated carbocycles. The van der Waals surface area contributed by atoms with E-state index in [2.05, 4.69) is 47.5 Å². The highest BCUT2D eigenvalue weighted by Crippen LogP contribution is 2.39. The third-order valence-electron chi connectivity index (χ3n) is 4.95. The van der Waals surface area contributed by atoms with Crippen LogP contribution in [-0.4, -0.2) is 37.1 Å². The first-order valence-electron chi connectivity index (χ1n) is 9.60. The van der Waals surface area contributed by atoms with Crippen LogP contribution in [0.25, 0.3) is 0 Å². The van der Waals surface area contributed by atoms with E-state index in [1.165, 1.54) is 16.7 Å². The van der Waals surface area contributed by atoms with E-state index in [0.717, 1.165) is 43.3 Å². The molecule has 0 bridgehead atoms. The lowest BCUT2D eigenvalue weighted by atomic mass is 9.97. The first-order chi connectivity index (χ1) is 13.8. The average Bonchev–Trinajstić information content (AvgIpc) is 3.41. The third kappa shape index (κ3) is 4.04. The summed E-state index contributed by atoms with van der Waals surface area (Å²) in [6.45, 7) is 5.31. The number of hydrogen-bond acceptors (Lipinski definition) is 5. The number of carbonyl (C=O) groups is 1. The molecule has 0 spiro atoms. The molecule has 0 aliphatic carbocycles. The lowest BCUT2D eigenvalue weighted by molar-refractivity contribution is 0.0241. The average molecular weight is 397 g/mol. The zero-order chi connectivity index (χ0) is 19.3. The molecule has 1 atom stereocenters. The van der Waals surface area contributed by atoms with Crippen LogP contribution in [0.1, 0.15) is 39.5 Å². The number of benzene rings is 1. The second-order valence-corrected chi connectivity index (χ2v) is 7.88. The van der Waals surface area contributed by atoms with Crippen LogP contribution in [0, 0.1) is 0 Å². The van der Waals surface area contributed by atoms with Gasteiger partial charge in [0.05, 0.1) is 25.5 Å². The summed E-state index contributed by atoms with van der Waals surface area (Å²) in [6, 6.07) is 16.2. The fourth-order valence-electron chi connectivity index (χ4n) is 3.56. The summed E-state index contributed by atoms with van der Waals surface area (Å²) in [5, 5.41) is 3.97. The molecule has 28 heavy (non-hydrogen) atoms. The number of aryl methyl sites for hydroxylation is 1. The van der Waals surface area contributed by atoms with Crippen molar-refractivity contribution in [1.29, 1.82) is 0 Å². The van der Waals surface area contributed by atoms with Gasteiger partial charge in [-0.3, -0.25) is 9.69 Å². The molecule has 1 aliphatic rings. The van der Waals surface area contributed by atoms with E-state index in [1.807, 2.05) is 6.07 Å². The Bertz CT molecular complexity index is 899. The summed E-state index contributed by atoms with van der Waals surface area (Å²) in [7, 11) is 0. The third-order valence-corrected chi connectivity index (χ3v) is 6.16. The van der Waals surface area contributed by atoms with Gasteiger partial charge in [0.15, 0.2) is 5.76 Å². The minimum absolute atomic E-state index is 0.0774. The Labute approximate surface area is 168 Å². The molecule has 146 valence electrons. The fourth-order valence-corrected chi connectivity index (χ4v) is 4.59. The molecule has 5 nitrogen and oxygen atoms in total. The number of carbonyl (C=O) groups excluding carboxylic acids is 1. The van der Waals surface area contributed by atoms with Crippen molar-refractivity contribution in [2.75, 3.05) is 31.6 Å². The van der Waals surface area contributed by atoms with Gasteiger partial charge in [-0.15, -0.1) is 11.3 Å². The topological polar surface area (TPSA) is 54.7 Å². The molecule has 1 N–H and O–H groups in total. The van der Waals surface area contributed by atoms with Crippen molar-refractivity contribution in [3.8, 4) is 0 Å². The number of hydrogen-bond donors (Lipinski definition) is 1. The van der Waals surface area contributed by atoms with Gasteiger partial charge in [-0.05, 0) is 30.2 Å². The van der Waals surface area contributed by atoms with Crippen molar-refractivity contribution in [2.45, 2.75) is 19.4 Å². The number of nitrogens with zero attached hydrogens (tertiary/aromatic N) is 1. The van der Waals surface area contributed by atoms with Crippen LogP contribution in [-0.2, 0) is 11.2 Å². The Kier molecular flexibility index (Phi) is 5.90. The Morgan fingerprint density at radius 2 is 1.96 bits per heavy atom. The maximum atomic E-state index is 12.6. The van der Waals surface area contributed by atoms with Gasteiger partial charge in [0.2, 0.25) is 0 Å². The van der Waals surface area contributed by atoms with Crippen LogP contribution < -0.4 is 5.32 Å². The zero-order valence-corrected chi connectivity index (χ0v) is 16.7. The molecule has 0 unspecified atom stereocenters. The van der Waals surface area contributed by atoms with E-state index in [4.69, 9.17) is 9.15 Å². The van der Waals surface area contributed by atoms with E-state index < -0.39 is 0 Å². The molecule has 1 aromatic carbocycles. The highest BCUT2D eigenvalue weighted by atomic mass is 32.1. The number of ether oxygens (including phenoxy) is 1. The van der Waals surface area contributed by atoms with Crippen LogP contribution in [0.5, 0.6) is 0 Å². The molecule has 0 radical (unpaired) electrons. The fraction of sp³-hybridized carbons (Fsp3) is 0.318. The predicted molar refractivity (Wildman–Crippen MR) is 111 cm³/mol. The standard InChI is InChI=1S/C22H24N2O3S/c1-2-17-15-18(22(28-17)23-21(25)19-9-6-12-27-19)20(16-7-4-3-5-8-16)24-10-13-26-14-11-24/h3-9,12,15,20H,2,10-11,13-14H2,1H3,(H,23,25)/t20-/m0/s1. The normalized spacial score (nSPS) is 16.0. The van der Waals surface area contributed by atoms with Gasteiger partial charge in [-0.1, -0.05) is 37.3 Å². The molecular formula is C22H24N2O3S. The molecule has 1 amide bonds. The van der Waals surface area contributed by atoms with Gasteiger partial charge < -0.3 is 14.5 Å². The minimum Gasteiger partial charge on any atom is -0.459 e. The van der Waals surface area contributed by atoms with E-state index in [9.17, 15) is 4.79 Å². The summed E-state index contributed by atoms with van der Waals surface area (Å²) in [4.78, 5) is 16.3. The molecular weight excluding hydrogens is 372 g/mol. The summed E-state index contributed by atoms with van der Waals surface area (Å²) < 4.78 is 10.8. The quantitative estimate of drug-likeness (QED) is 0.663. The van der Waals surface area contributed by atoms with Gasteiger partial charge in [0, 0.05) is 23.5 Å². The number of thiophene rings is 1.